The summed E-state index contributed by atoms with van der Waals surface area (Å²) in [6.07, 6.45) is 2.50. The van der Waals surface area contributed by atoms with Crippen molar-refractivity contribution in [2.75, 3.05) is 6.61 Å². The normalized spacial score (nSPS) is 20.8. The van der Waals surface area contributed by atoms with Gasteiger partial charge in [0.15, 0.2) is 5.78 Å². The second-order valence-electron chi connectivity index (χ2n) is 5.07. The molecule has 1 rings (SSSR count). The number of hydrogen-bond donors (Lipinski definition) is 0. The molecule has 0 aromatic carbocycles. The van der Waals surface area contributed by atoms with Gasteiger partial charge in [0.1, 0.15) is 11.5 Å². The lowest BCUT2D eigenvalue weighted by Gasteiger charge is -2.25. The molecule has 1 unspecified atom stereocenters. The molecule has 96 valence electrons. The zero-order chi connectivity index (χ0) is 13.1. The van der Waals surface area contributed by atoms with Gasteiger partial charge in [-0.15, -0.1) is 0 Å². The van der Waals surface area contributed by atoms with Crippen molar-refractivity contribution in [3.63, 3.8) is 0 Å². The van der Waals surface area contributed by atoms with Gasteiger partial charge in [0, 0.05) is 12.5 Å². The van der Waals surface area contributed by atoms with Crippen LogP contribution in [0.25, 0.3) is 0 Å². The lowest BCUT2D eigenvalue weighted by molar-refractivity contribution is -0.161. The predicted octanol–water partition coefficient (Wildman–Crippen LogP) is 2.23. The Balaban J connectivity index is 2.64. The van der Waals surface area contributed by atoms with Crippen LogP contribution in [0.5, 0.6) is 0 Å². The topological polar surface area (TPSA) is 52.6 Å². The highest BCUT2D eigenvalue weighted by atomic mass is 16.6. The minimum Gasteiger partial charge on any atom is -0.498 e. The van der Waals surface area contributed by atoms with E-state index in [1.54, 1.807) is 20.8 Å². The summed E-state index contributed by atoms with van der Waals surface area (Å²) in [5.74, 6) is -0.654. The molecule has 0 aliphatic heterocycles. The molecule has 4 heteroatoms. The molecule has 0 saturated carbocycles. The van der Waals surface area contributed by atoms with Gasteiger partial charge >= 0.3 is 5.97 Å². The lowest BCUT2D eigenvalue weighted by atomic mass is 9.92. The summed E-state index contributed by atoms with van der Waals surface area (Å²) >= 11 is 0. The molecular formula is C13H20O4. The SMILES string of the molecule is CCOC1=CC(=O)C(C(=O)OC(C)(C)C)CC1. The van der Waals surface area contributed by atoms with E-state index in [4.69, 9.17) is 9.47 Å². The van der Waals surface area contributed by atoms with Crippen LogP contribution in [0.3, 0.4) is 0 Å². The van der Waals surface area contributed by atoms with Crippen molar-refractivity contribution in [3.8, 4) is 0 Å². The summed E-state index contributed by atoms with van der Waals surface area (Å²) in [6.45, 7) is 7.78. The molecule has 0 heterocycles. The van der Waals surface area contributed by atoms with Gasteiger partial charge in [0.25, 0.3) is 0 Å². The van der Waals surface area contributed by atoms with Gasteiger partial charge in [-0.1, -0.05) is 0 Å². The van der Waals surface area contributed by atoms with Crippen LogP contribution in [0.15, 0.2) is 11.8 Å². The Morgan fingerprint density at radius 1 is 1.47 bits per heavy atom. The average molecular weight is 240 g/mol. The number of carbonyl (C=O) groups excluding carboxylic acids is 2. The van der Waals surface area contributed by atoms with E-state index in [0.717, 1.165) is 0 Å². The second kappa shape index (κ2) is 5.34. The van der Waals surface area contributed by atoms with E-state index in [1.165, 1.54) is 6.08 Å². The summed E-state index contributed by atoms with van der Waals surface area (Å²) in [6, 6.07) is 0. The zero-order valence-electron chi connectivity index (χ0n) is 10.9. The van der Waals surface area contributed by atoms with Crippen molar-refractivity contribution in [2.24, 2.45) is 5.92 Å². The van der Waals surface area contributed by atoms with Gasteiger partial charge in [0.05, 0.1) is 12.4 Å². The fourth-order valence-electron chi connectivity index (χ4n) is 1.67. The van der Waals surface area contributed by atoms with E-state index in [-0.39, 0.29) is 5.78 Å². The molecule has 1 aliphatic carbocycles. The summed E-state index contributed by atoms with van der Waals surface area (Å²) < 4.78 is 10.5. The Labute approximate surface area is 102 Å². The summed E-state index contributed by atoms with van der Waals surface area (Å²) in [5.41, 5.74) is -0.554. The highest BCUT2D eigenvalue weighted by Crippen LogP contribution is 2.24. The quantitative estimate of drug-likeness (QED) is 0.560. The van der Waals surface area contributed by atoms with Crippen LogP contribution in [-0.4, -0.2) is 24.0 Å². The van der Waals surface area contributed by atoms with Crippen LogP contribution in [0.1, 0.15) is 40.5 Å². The number of ketones is 1. The average Bonchev–Trinajstić information content (AvgIpc) is 2.15. The third kappa shape index (κ3) is 4.21. The van der Waals surface area contributed by atoms with Crippen molar-refractivity contribution in [1.29, 1.82) is 0 Å². The molecule has 1 aliphatic rings. The maximum Gasteiger partial charge on any atom is 0.317 e. The number of allylic oxidation sites excluding steroid dienone is 2. The van der Waals surface area contributed by atoms with Crippen LogP contribution < -0.4 is 0 Å². The Hall–Kier alpha value is -1.32. The van der Waals surface area contributed by atoms with E-state index in [1.807, 2.05) is 6.92 Å². The minimum absolute atomic E-state index is 0.214. The summed E-state index contributed by atoms with van der Waals surface area (Å²) in [7, 11) is 0. The first-order valence-electron chi connectivity index (χ1n) is 5.93. The Kier molecular flexibility index (Phi) is 4.32. The van der Waals surface area contributed by atoms with E-state index >= 15 is 0 Å². The number of esters is 1. The van der Waals surface area contributed by atoms with Crippen molar-refractivity contribution in [3.05, 3.63) is 11.8 Å². The van der Waals surface area contributed by atoms with Gasteiger partial charge in [-0.3, -0.25) is 9.59 Å². The smallest absolute Gasteiger partial charge is 0.317 e. The molecular weight excluding hydrogens is 220 g/mol. The van der Waals surface area contributed by atoms with Crippen molar-refractivity contribution in [1.82, 2.24) is 0 Å². The van der Waals surface area contributed by atoms with Gasteiger partial charge < -0.3 is 9.47 Å². The predicted molar refractivity (Wildman–Crippen MR) is 63.3 cm³/mol. The highest BCUT2D eigenvalue weighted by Gasteiger charge is 2.33. The zero-order valence-corrected chi connectivity index (χ0v) is 10.9. The van der Waals surface area contributed by atoms with Crippen LogP contribution >= 0.6 is 0 Å². The highest BCUT2D eigenvalue weighted by molar-refractivity contribution is 6.05. The first-order chi connectivity index (χ1) is 7.83. The molecule has 0 spiro atoms. The van der Waals surface area contributed by atoms with Crippen molar-refractivity contribution in [2.45, 2.75) is 46.1 Å². The van der Waals surface area contributed by atoms with Crippen LogP contribution in [0.4, 0.5) is 0 Å². The Morgan fingerprint density at radius 3 is 2.59 bits per heavy atom. The molecule has 17 heavy (non-hydrogen) atoms. The molecule has 0 aromatic heterocycles. The number of hydrogen-bond acceptors (Lipinski definition) is 4. The van der Waals surface area contributed by atoms with Gasteiger partial charge in [-0.25, -0.2) is 0 Å². The fraction of sp³-hybridized carbons (Fsp3) is 0.692. The van der Waals surface area contributed by atoms with Gasteiger partial charge in [-0.2, -0.15) is 0 Å². The van der Waals surface area contributed by atoms with Crippen LogP contribution in [0.2, 0.25) is 0 Å². The first-order valence-corrected chi connectivity index (χ1v) is 5.93. The number of carbonyl (C=O) groups is 2. The number of rotatable bonds is 3. The van der Waals surface area contributed by atoms with Gasteiger partial charge in [-0.05, 0) is 34.1 Å². The maximum absolute atomic E-state index is 11.8. The molecule has 0 amide bonds. The summed E-state index contributed by atoms with van der Waals surface area (Å²) in [5, 5.41) is 0. The van der Waals surface area contributed by atoms with Crippen molar-refractivity contribution < 1.29 is 19.1 Å². The third-order valence-electron chi connectivity index (χ3n) is 2.35. The monoisotopic (exact) mass is 240 g/mol. The molecule has 0 N–H and O–H groups in total. The van der Waals surface area contributed by atoms with Crippen LogP contribution in [-0.2, 0) is 19.1 Å². The van der Waals surface area contributed by atoms with E-state index in [2.05, 4.69) is 0 Å². The molecule has 0 aromatic rings. The number of ether oxygens (including phenoxy) is 2. The molecule has 0 fully saturated rings. The molecule has 0 radical (unpaired) electrons. The Bertz CT molecular complexity index is 336. The van der Waals surface area contributed by atoms with Crippen LogP contribution in [0, 0.1) is 5.92 Å². The molecule has 4 nitrogen and oxygen atoms in total. The molecule has 0 bridgehead atoms. The standard InChI is InChI=1S/C13H20O4/c1-5-16-9-6-7-10(11(14)8-9)12(15)17-13(2,3)4/h8,10H,5-7H2,1-4H3. The minimum atomic E-state index is -0.668. The summed E-state index contributed by atoms with van der Waals surface area (Å²) in [4.78, 5) is 23.5. The van der Waals surface area contributed by atoms with E-state index in [9.17, 15) is 9.59 Å². The fourth-order valence-corrected chi connectivity index (χ4v) is 1.67. The molecule has 1 atom stereocenters. The molecule has 0 saturated heterocycles. The first kappa shape index (κ1) is 13.7. The van der Waals surface area contributed by atoms with E-state index in [0.29, 0.717) is 25.2 Å². The lowest BCUT2D eigenvalue weighted by Crippen LogP contribution is -2.33. The third-order valence-corrected chi connectivity index (χ3v) is 2.35. The Morgan fingerprint density at radius 2 is 2.12 bits per heavy atom. The second-order valence-corrected chi connectivity index (χ2v) is 5.07. The van der Waals surface area contributed by atoms with Crippen molar-refractivity contribution >= 4 is 11.8 Å². The van der Waals surface area contributed by atoms with E-state index < -0.39 is 17.5 Å². The largest absolute Gasteiger partial charge is 0.498 e. The van der Waals surface area contributed by atoms with Gasteiger partial charge in [0.2, 0.25) is 0 Å². The maximum atomic E-state index is 11.8.